The average molecular weight is 288 g/mol. The summed E-state index contributed by atoms with van der Waals surface area (Å²) in [4.78, 5) is 28.8. The summed E-state index contributed by atoms with van der Waals surface area (Å²) in [6.45, 7) is 1.62. The molecule has 2 aromatic rings. The molecule has 0 radical (unpaired) electrons. The maximum absolute atomic E-state index is 10.9. The van der Waals surface area contributed by atoms with Gasteiger partial charge in [0.1, 0.15) is 12.0 Å². The van der Waals surface area contributed by atoms with E-state index in [1.807, 2.05) is 0 Å². The van der Waals surface area contributed by atoms with E-state index in [9.17, 15) is 14.9 Å². The molecule has 0 spiro atoms. The van der Waals surface area contributed by atoms with Crippen molar-refractivity contribution < 1.29 is 14.8 Å². The van der Waals surface area contributed by atoms with Crippen LogP contribution in [0.2, 0.25) is 0 Å². The van der Waals surface area contributed by atoms with Crippen LogP contribution in [0.4, 0.5) is 17.2 Å². The van der Waals surface area contributed by atoms with Crippen molar-refractivity contribution in [2.75, 3.05) is 5.32 Å². The highest BCUT2D eigenvalue weighted by atomic mass is 16.6. The summed E-state index contributed by atoms with van der Waals surface area (Å²) in [6.07, 6.45) is 1.01. The fourth-order valence-corrected chi connectivity index (χ4v) is 1.76. The van der Waals surface area contributed by atoms with Crippen LogP contribution in [-0.2, 0) is 11.2 Å². The van der Waals surface area contributed by atoms with Gasteiger partial charge in [0.15, 0.2) is 0 Å². The smallest absolute Gasteiger partial charge is 0.329 e. The number of nitro groups is 1. The predicted octanol–water partition coefficient (Wildman–Crippen LogP) is 2.06. The summed E-state index contributed by atoms with van der Waals surface area (Å²) in [5.74, 6) is -0.485. The van der Waals surface area contributed by atoms with Crippen molar-refractivity contribution in [1.29, 1.82) is 0 Å². The first-order valence-corrected chi connectivity index (χ1v) is 6.01. The lowest BCUT2D eigenvalue weighted by atomic mass is 10.1. The van der Waals surface area contributed by atoms with Gasteiger partial charge >= 0.3 is 11.7 Å². The molecule has 0 aliphatic rings. The van der Waals surface area contributed by atoms with E-state index in [-0.39, 0.29) is 17.9 Å². The number of carboxylic acids is 1. The van der Waals surface area contributed by atoms with Crippen LogP contribution in [0.15, 0.2) is 30.5 Å². The number of hydrogen-bond donors (Lipinski definition) is 2. The van der Waals surface area contributed by atoms with Crippen molar-refractivity contribution in [3.63, 3.8) is 0 Å². The molecule has 8 heteroatoms. The Morgan fingerprint density at radius 2 is 2.24 bits per heavy atom. The summed E-state index contributed by atoms with van der Waals surface area (Å²) in [7, 11) is 0. The Morgan fingerprint density at radius 3 is 2.90 bits per heavy atom. The lowest BCUT2D eigenvalue weighted by Gasteiger charge is -2.07. The largest absolute Gasteiger partial charge is 0.481 e. The van der Waals surface area contributed by atoms with Crippen LogP contribution in [0.1, 0.15) is 11.4 Å². The molecular weight excluding hydrogens is 276 g/mol. The van der Waals surface area contributed by atoms with Gasteiger partial charge in [-0.1, -0.05) is 12.1 Å². The average Bonchev–Trinajstić information content (AvgIpc) is 2.38. The Bertz CT molecular complexity index is 702. The van der Waals surface area contributed by atoms with E-state index < -0.39 is 10.9 Å². The summed E-state index contributed by atoms with van der Waals surface area (Å²) in [6, 6.07) is 6.61. The molecule has 0 saturated carbocycles. The van der Waals surface area contributed by atoms with Gasteiger partial charge in [0.05, 0.1) is 11.3 Å². The van der Waals surface area contributed by atoms with Crippen molar-refractivity contribution in [3.05, 3.63) is 52.0 Å². The number of anilines is 2. The number of carbonyl (C=O) groups is 1. The number of rotatable bonds is 5. The number of nitrogens with one attached hydrogen (secondary N) is 1. The van der Waals surface area contributed by atoms with Crippen molar-refractivity contribution in [1.82, 2.24) is 9.97 Å². The molecule has 21 heavy (non-hydrogen) atoms. The SMILES string of the molecule is Cc1ncc([N+](=O)[O-])c(Nc2cccc(CC(=O)O)c2)n1. The maximum Gasteiger partial charge on any atom is 0.329 e. The zero-order valence-corrected chi connectivity index (χ0v) is 11.1. The molecule has 2 N–H and O–H groups in total. The molecule has 2 rings (SSSR count). The van der Waals surface area contributed by atoms with Gasteiger partial charge in [0.25, 0.3) is 0 Å². The standard InChI is InChI=1S/C13H12N4O4/c1-8-14-7-11(17(20)21)13(15-8)16-10-4-2-3-9(5-10)6-12(18)19/h2-5,7H,6H2,1H3,(H,18,19)(H,14,15,16). The van der Waals surface area contributed by atoms with Crippen molar-refractivity contribution in [3.8, 4) is 0 Å². The molecule has 108 valence electrons. The van der Waals surface area contributed by atoms with Crippen LogP contribution in [0, 0.1) is 17.0 Å². The Balaban J connectivity index is 2.31. The minimum atomic E-state index is -0.948. The molecule has 0 fully saturated rings. The molecule has 0 unspecified atom stereocenters. The zero-order chi connectivity index (χ0) is 15.4. The highest BCUT2D eigenvalue weighted by Crippen LogP contribution is 2.25. The van der Waals surface area contributed by atoms with Crippen LogP contribution in [0.25, 0.3) is 0 Å². The monoisotopic (exact) mass is 288 g/mol. The predicted molar refractivity (Wildman–Crippen MR) is 74.5 cm³/mol. The van der Waals surface area contributed by atoms with E-state index >= 15 is 0 Å². The second-order valence-electron chi connectivity index (χ2n) is 4.30. The van der Waals surface area contributed by atoms with Crippen LogP contribution in [0.3, 0.4) is 0 Å². The number of nitrogens with zero attached hydrogens (tertiary/aromatic N) is 3. The van der Waals surface area contributed by atoms with Gasteiger partial charge < -0.3 is 10.4 Å². The Morgan fingerprint density at radius 1 is 1.48 bits per heavy atom. The maximum atomic E-state index is 10.9. The summed E-state index contributed by atoms with van der Waals surface area (Å²) in [5, 5.41) is 22.5. The second-order valence-corrected chi connectivity index (χ2v) is 4.30. The molecule has 0 aliphatic carbocycles. The minimum Gasteiger partial charge on any atom is -0.481 e. The van der Waals surface area contributed by atoms with E-state index in [1.165, 1.54) is 0 Å². The highest BCUT2D eigenvalue weighted by molar-refractivity contribution is 5.71. The van der Waals surface area contributed by atoms with Gasteiger partial charge in [0.2, 0.25) is 5.82 Å². The molecule has 1 aromatic carbocycles. The molecule has 0 atom stereocenters. The molecule has 1 heterocycles. The van der Waals surface area contributed by atoms with E-state index in [4.69, 9.17) is 5.11 Å². The third kappa shape index (κ3) is 3.72. The Hall–Kier alpha value is -3.03. The first-order chi connectivity index (χ1) is 9.95. The van der Waals surface area contributed by atoms with Crippen molar-refractivity contribution >= 4 is 23.2 Å². The van der Waals surface area contributed by atoms with Gasteiger partial charge in [0, 0.05) is 5.69 Å². The number of aryl methyl sites for hydroxylation is 1. The van der Waals surface area contributed by atoms with Crippen LogP contribution in [-0.4, -0.2) is 26.0 Å². The second kappa shape index (κ2) is 5.95. The zero-order valence-electron chi connectivity index (χ0n) is 11.1. The van der Waals surface area contributed by atoms with Gasteiger partial charge in [-0.05, 0) is 24.6 Å². The van der Waals surface area contributed by atoms with Crippen LogP contribution < -0.4 is 5.32 Å². The molecule has 0 amide bonds. The van der Waals surface area contributed by atoms with Crippen LogP contribution >= 0.6 is 0 Å². The highest BCUT2D eigenvalue weighted by Gasteiger charge is 2.16. The minimum absolute atomic E-state index is 0.0694. The number of aromatic nitrogens is 2. The van der Waals surface area contributed by atoms with E-state index in [1.54, 1.807) is 31.2 Å². The van der Waals surface area contributed by atoms with Gasteiger partial charge in [-0.25, -0.2) is 9.97 Å². The summed E-state index contributed by atoms with van der Waals surface area (Å²) >= 11 is 0. The van der Waals surface area contributed by atoms with Crippen LogP contribution in [0.5, 0.6) is 0 Å². The lowest BCUT2D eigenvalue weighted by Crippen LogP contribution is -2.04. The quantitative estimate of drug-likeness (QED) is 0.638. The normalized spacial score (nSPS) is 10.1. The van der Waals surface area contributed by atoms with Gasteiger partial charge in [-0.15, -0.1) is 0 Å². The fraction of sp³-hybridized carbons (Fsp3) is 0.154. The molecule has 1 aromatic heterocycles. The molecule has 0 bridgehead atoms. The molecular formula is C13H12N4O4. The first-order valence-electron chi connectivity index (χ1n) is 6.01. The third-order valence-corrected chi connectivity index (χ3v) is 2.63. The Kier molecular flexibility index (Phi) is 4.07. The van der Waals surface area contributed by atoms with Gasteiger partial charge in [-0.2, -0.15) is 0 Å². The summed E-state index contributed by atoms with van der Waals surface area (Å²) in [5.41, 5.74) is 0.861. The number of benzene rings is 1. The number of aliphatic carboxylic acids is 1. The Labute approximate surface area is 119 Å². The van der Waals surface area contributed by atoms with Gasteiger partial charge in [-0.3, -0.25) is 14.9 Å². The molecule has 8 nitrogen and oxygen atoms in total. The van der Waals surface area contributed by atoms with E-state index in [0.29, 0.717) is 17.1 Å². The lowest BCUT2D eigenvalue weighted by molar-refractivity contribution is -0.384. The topological polar surface area (TPSA) is 118 Å². The number of hydrogen-bond acceptors (Lipinski definition) is 6. The molecule has 0 aliphatic heterocycles. The van der Waals surface area contributed by atoms with E-state index in [2.05, 4.69) is 15.3 Å². The fourth-order valence-electron chi connectivity index (χ4n) is 1.76. The molecule has 0 saturated heterocycles. The van der Waals surface area contributed by atoms with Crippen molar-refractivity contribution in [2.24, 2.45) is 0 Å². The van der Waals surface area contributed by atoms with E-state index in [0.717, 1.165) is 6.20 Å². The van der Waals surface area contributed by atoms with Crippen molar-refractivity contribution in [2.45, 2.75) is 13.3 Å². The summed E-state index contributed by atoms with van der Waals surface area (Å²) < 4.78 is 0. The third-order valence-electron chi connectivity index (χ3n) is 2.63. The first kappa shape index (κ1) is 14.4. The number of carboxylic acid groups (broad SMARTS) is 1.